The molecule has 0 spiro atoms. The van der Waals surface area contributed by atoms with Gasteiger partial charge in [-0.3, -0.25) is 0 Å². The lowest BCUT2D eigenvalue weighted by Crippen LogP contribution is -2.29. The summed E-state index contributed by atoms with van der Waals surface area (Å²) in [4.78, 5) is 14.9. The van der Waals surface area contributed by atoms with Gasteiger partial charge in [0.15, 0.2) is 15.8 Å². The Morgan fingerprint density at radius 2 is 2.04 bits per heavy atom. The number of carboxylic acids is 1. The molecule has 0 aliphatic rings. The minimum absolute atomic E-state index is 0.00238. The number of hydrogen-bond acceptors (Lipinski definition) is 7. The third-order valence-corrected chi connectivity index (χ3v) is 5.31. The maximum absolute atomic E-state index is 12.6. The number of hydrogen-bond donors (Lipinski definition) is 2. The molecule has 0 amide bonds. The van der Waals surface area contributed by atoms with Gasteiger partial charge in [0, 0.05) is 5.56 Å². The van der Waals surface area contributed by atoms with Crippen LogP contribution in [0.3, 0.4) is 0 Å². The second kappa shape index (κ2) is 6.13. The van der Waals surface area contributed by atoms with Crippen LogP contribution in [0.5, 0.6) is 5.75 Å². The predicted octanol–water partition coefficient (Wildman–Crippen LogP) is 2.71. The van der Waals surface area contributed by atoms with Crippen molar-refractivity contribution in [3.8, 4) is 5.75 Å². The molecule has 0 aliphatic heterocycles. The molecule has 1 atom stereocenters. The van der Waals surface area contributed by atoms with E-state index in [2.05, 4.69) is 25.1 Å². The number of alkyl halides is 3. The summed E-state index contributed by atoms with van der Waals surface area (Å²) < 4.78 is 64.7. The minimum atomic E-state index is -6.07. The van der Waals surface area contributed by atoms with Gasteiger partial charge in [-0.2, -0.15) is 21.6 Å². The summed E-state index contributed by atoms with van der Waals surface area (Å²) in [5.74, 6) is -2.70. The maximum Gasteiger partial charge on any atom is 0.534 e. The van der Waals surface area contributed by atoms with Crippen molar-refractivity contribution in [2.24, 2.45) is 0 Å². The van der Waals surface area contributed by atoms with Crippen LogP contribution in [0.25, 0.3) is 10.2 Å². The molecule has 2 N–H and O–H groups in total. The quantitative estimate of drug-likeness (QED) is 0.544. The molecule has 2 aromatic rings. The number of nitrogens with zero attached hydrogens (tertiary/aromatic N) is 1. The van der Waals surface area contributed by atoms with E-state index in [0.29, 0.717) is 0 Å². The second-order valence-electron chi connectivity index (χ2n) is 4.48. The molecule has 2 rings (SSSR count). The summed E-state index contributed by atoms with van der Waals surface area (Å²) in [6.45, 7) is 1.28. The van der Waals surface area contributed by atoms with E-state index >= 15 is 0 Å². The largest absolute Gasteiger partial charge is 0.534 e. The van der Waals surface area contributed by atoms with E-state index in [0.717, 1.165) is 11.3 Å². The number of rotatable bonds is 4. The van der Waals surface area contributed by atoms with Crippen molar-refractivity contribution < 1.29 is 40.8 Å². The third-order valence-electron chi connectivity index (χ3n) is 2.84. The van der Waals surface area contributed by atoms with Crippen LogP contribution in [0.15, 0.2) is 9.98 Å². The molecule has 0 saturated carbocycles. The van der Waals surface area contributed by atoms with Crippen LogP contribution in [0.2, 0.25) is 0 Å². The molecule has 0 saturated heterocycles. The van der Waals surface area contributed by atoms with Crippen LogP contribution < -0.4 is 4.18 Å². The number of fused-ring (bicyclic) bond motifs is 1. The number of aliphatic carboxylic acids is 1. The summed E-state index contributed by atoms with van der Waals surface area (Å²) in [6, 6.07) is 1.30. The Balaban J connectivity index is 2.81. The molecule has 1 heterocycles. The number of benzene rings is 1. The molecule has 0 aliphatic carbocycles. The normalized spacial score (nSPS) is 13.9. The minimum Gasteiger partial charge on any atom is -0.479 e. The molecule has 0 radical (unpaired) electrons. The smallest absolute Gasteiger partial charge is 0.479 e. The van der Waals surface area contributed by atoms with Crippen molar-refractivity contribution in [1.82, 2.24) is 4.98 Å². The number of thiazole rings is 1. The van der Waals surface area contributed by atoms with Gasteiger partial charge in [0.25, 0.3) is 0 Å². The van der Waals surface area contributed by atoms with Crippen LogP contribution >= 0.6 is 27.3 Å². The molecule has 0 fully saturated rings. The summed E-state index contributed by atoms with van der Waals surface area (Å²) >= 11 is 3.72. The third kappa shape index (κ3) is 3.34. The summed E-state index contributed by atoms with van der Waals surface area (Å²) in [5, 5.41) is 18.7. The van der Waals surface area contributed by atoms with Crippen molar-refractivity contribution in [1.29, 1.82) is 0 Å². The molecule has 13 heteroatoms. The van der Waals surface area contributed by atoms with Crippen LogP contribution in [0, 0.1) is 6.92 Å². The Hall–Kier alpha value is -1.44. The van der Waals surface area contributed by atoms with Crippen LogP contribution in [0.1, 0.15) is 17.2 Å². The summed E-state index contributed by atoms with van der Waals surface area (Å²) in [7, 11) is -6.07. The van der Waals surface area contributed by atoms with Crippen molar-refractivity contribution >= 4 is 53.6 Å². The first-order valence-electron chi connectivity index (χ1n) is 5.86. The maximum atomic E-state index is 12.6. The molecule has 1 aromatic carbocycles. The first-order valence-corrected chi connectivity index (χ1v) is 8.88. The lowest BCUT2D eigenvalue weighted by molar-refractivity contribution is -0.147. The number of carbonyl (C=O) groups is 1. The Kier molecular flexibility index (Phi) is 4.82. The van der Waals surface area contributed by atoms with Crippen molar-refractivity contribution in [3.05, 3.63) is 21.1 Å². The van der Waals surface area contributed by atoms with E-state index in [9.17, 15) is 31.5 Å². The van der Waals surface area contributed by atoms with Gasteiger partial charge in [-0.15, -0.1) is 11.3 Å². The molecule has 24 heavy (non-hydrogen) atoms. The fraction of sp³-hybridized carbons (Fsp3) is 0.273. The number of aryl methyl sites for hydroxylation is 1. The average molecular weight is 450 g/mol. The van der Waals surface area contributed by atoms with Crippen molar-refractivity contribution in [2.75, 3.05) is 0 Å². The number of halogens is 4. The molecular formula is C11H7BrF3NO6S2. The van der Waals surface area contributed by atoms with Crippen molar-refractivity contribution in [3.63, 3.8) is 0 Å². The Morgan fingerprint density at radius 1 is 1.46 bits per heavy atom. The molecule has 7 nitrogen and oxygen atoms in total. The standard InChI is InChI=1S/C11H7BrF3NO6S2/c1-3-2-4-8(23-10(12)16-4)7(5(3)6(17)9(18)19)22-24(20,21)11(13,14)15/h2,6,17H,1H3,(H,18,19). The fourth-order valence-electron chi connectivity index (χ4n) is 1.85. The van der Waals surface area contributed by atoms with Gasteiger partial charge in [0.05, 0.1) is 10.2 Å². The molecule has 1 unspecified atom stereocenters. The number of aromatic nitrogens is 1. The van der Waals surface area contributed by atoms with E-state index in [1.807, 2.05) is 0 Å². The average Bonchev–Trinajstić information content (AvgIpc) is 2.76. The Bertz CT molecular complexity index is 924. The van der Waals surface area contributed by atoms with Crippen LogP contribution in [-0.4, -0.2) is 35.1 Å². The van der Waals surface area contributed by atoms with E-state index < -0.39 is 39.0 Å². The zero-order valence-corrected chi connectivity index (χ0v) is 14.7. The van der Waals surface area contributed by atoms with Gasteiger partial charge in [-0.05, 0) is 34.5 Å². The van der Waals surface area contributed by atoms with E-state index in [1.54, 1.807) is 0 Å². The van der Waals surface area contributed by atoms with E-state index in [1.165, 1.54) is 13.0 Å². The van der Waals surface area contributed by atoms with E-state index in [4.69, 9.17) is 5.11 Å². The van der Waals surface area contributed by atoms with Gasteiger partial charge in [0.1, 0.15) is 0 Å². The Labute approximate surface area is 144 Å². The van der Waals surface area contributed by atoms with Gasteiger partial charge >= 0.3 is 21.6 Å². The van der Waals surface area contributed by atoms with Crippen LogP contribution in [0.4, 0.5) is 13.2 Å². The zero-order chi connectivity index (χ0) is 18.4. The fourth-order valence-corrected chi connectivity index (χ4v) is 3.83. The summed E-state index contributed by atoms with van der Waals surface area (Å²) in [5.41, 5.74) is -6.24. The molecule has 0 bridgehead atoms. The lowest BCUT2D eigenvalue weighted by atomic mass is 10.0. The lowest BCUT2D eigenvalue weighted by Gasteiger charge is -2.17. The Morgan fingerprint density at radius 3 is 2.54 bits per heavy atom. The monoisotopic (exact) mass is 449 g/mol. The zero-order valence-electron chi connectivity index (χ0n) is 11.5. The highest BCUT2D eigenvalue weighted by molar-refractivity contribution is 9.11. The number of aliphatic hydroxyl groups is 1. The first kappa shape index (κ1) is 18.9. The van der Waals surface area contributed by atoms with E-state index in [-0.39, 0.29) is 19.7 Å². The van der Waals surface area contributed by atoms with Gasteiger partial charge < -0.3 is 14.4 Å². The molecular weight excluding hydrogens is 443 g/mol. The van der Waals surface area contributed by atoms with Gasteiger partial charge in [-0.25, -0.2) is 9.78 Å². The SMILES string of the molecule is Cc1cc2nc(Br)sc2c(OS(=O)(=O)C(F)(F)F)c1C(O)C(=O)O. The highest BCUT2D eigenvalue weighted by Crippen LogP contribution is 2.43. The first-order chi connectivity index (χ1) is 10.8. The highest BCUT2D eigenvalue weighted by atomic mass is 79.9. The molecule has 1 aromatic heterocycles. The van der Waals surface area contributed by atoms with Gasteiger partial charge in [-0.1, -0.05) is 0 Å². The molecule has 132 valence electrons. The second-order valence-corrected chi connectivity index (χ2v) is 8.29. The number of carboxylic acid groups (broad SMARTS) is 1. The van der Waals surface area contributed by atoms with Gasteiger partial charge in [0.2, 0.25) is 0 Å². The summed E-state index contributed by atoms with van der Waals surface area (Å²) in [6.07, 6.45) is -2.28. The predicted molar refractivity (Wildman–Crippen MR) is 80.3 cm³/mol. The topological polar surface area (TPSA) is 114 Å². The highest BCUT2D eigenvalue weighted by Gasteiger charge is 2.49. The van der Waals surface area contributed by atoms with Crippen molar-refractivity contribution in [2.45, 2.75) is 18.5 Å². The van der Waals surface area contributed by atoms with Crippen LogP contribution in [-0.2, 0) is 14.9 Å². The number of aliphatic hydroxyl groups excluding tert-OH is 1.